The van der Waals surface area contributed by atoms with E-state index in [2.05, 4.69) is 12.2 Å². The minimum atomic E-state index is -0.989. The molecule has 0 fully saturated rings. The lowest BCUT2D eigenvalue weighted by Crippen LogP contribution is -2.41. The molecule has 0 aliphatic heterocycles. The second-order valence-electron chi connectivity index (χ2n) is 5.38. The molecular formula is C15H29NO3. The first-order valence-corrected chi connectivity index (χ1v) is 7.52. The predicted molar refractivity (Wildman–Crippen MR) is 77.0 cm³/mol. The molecule has 2 N–H and O–H groups in total. The Bertz CT molecular complexity index is 266. The second kappa shape index (κ2) is 10.8. The summed E-state index contributed by atoms with van der Waals surface area (Å²) in [6, 6.07) is -0.802. The number of unbranched alkanes of at least 4 members (excludes halogenated alkanes) is 6. The number of carboxylic acid groups (broad SMARTS) is 1. The van der Waals surface area contributed by atoms with E-state index in [9.17, 15) is 9.59 Å². The van der Waals surface area contributed by atoms with Gasteiger partial charge < -0.3 is 10.4 Å². The van der Waals surface area contributed by atoms with E-state index < -0.39 is 12.0 Å². The molecule has 1 amide bonds. The summed E-state index contributed by atoms with van der Waals surface area (Å²) in [5.41, 5.74) is 0. The van der Waals surface area contributed by atoms with Crippen molar-refractivity contribution in [1.29, 1.82) is 0 Å². The minimum absolute atomic E-state index is 0.0996. The highest BCUT2D eigenvalue weighted by Crippen LogP contribution is 2.12. The van der Waals surface area contributed by atoms with Gasteiger partial charge in [-0.3, -0.25) is 9.59 Å². The first-order valence-electron chi connectivity index (χ1n) is 7.52. The predicted octanol–water partition coefficient (Wildman–Crippen LogP) is 3.35. The standard InChI is InChI=1S/C15H29NO3/c1-4-5-6-7-8-9-10-11-12(2)14(17)16-13(3)15(18)19/h12-13H,4-11H2,1-3H3,(H,16,17)(H,18,19)/t12?,13-/m1/s1. The van der Waals surface area contributed by atoms with Crippen LogP contribution in [0.3, 0.4) is 0 Å². The van der Waals surface area contributed by atoms with Crippen molar-refractivity contribution >= 4 is 11.9 Å². The van der Waals surface area contributed by atoms with Gasteiger partial charge >= 0.3 is 5.97 Å². The van der Waals surface area contributed by atoms with Crippen LogP contribution in [0.4, 0.5) is 0 Å². The average Bonchev–Trinajstić information content (AvgIpc) is 2.37. The van der Waals surface area contributed by atoms with Crippen LogP contribution >= 0.6 is 0 Å². The molecule has 0 aliphatic rings. The van der Waals surface area contributed by atoms with Crippen LogP contribution in [0.15, 0.2) is 0 Å². The van der Waals surface area contributed by atoms with Crippen LogP contribution in [0, 0.1) is 5.92 Å². The van der Waals surface area contributed by atoms with E-state index in [1.807, 2.05) is 6.92 Å². The fourth-order valence-corrected chi connectivity index (χ4v) is 1.96. The number of carbonyl (C=O) groups is 2. The van der Waals surface area contributed by atoms with Crippen LogP contribution < -0.4 is 5.32 Å². The van der Waals surface area contributed by atoms with Gasteiger partial charge in [0.1, 0.15) is 6.04 Å². The molecule has 0 heterocycles. The smallest absolute Gasteiger partial charge is 0.325 e. The number of rotatable bonds is 11. The van der Waals surface area contributed by atoms with Gasteiger partial charge in [0.05, 0.1) is 0 Å². The molecule has 0 spiro atoms. The third-order valence-corrected chi connectivity index (χ3v) is 3.42. The molecule has 2 atom stereocenters. The van der Waals surface area contributed by atoms with Crippen LogP contribution in [-0.2, 0) is 9.59 Å². The van der Waals surface area contributed by atoms with E-state index in [-0.39, 0.29) is 11.8 Å². The van der Waals surface area contributed by atoms with Gasteiger partial charge in [-0.25, -0.2) is 0 Å². The summed E-state index contributed by atoms with van der Waals surface area (Å²) in [4.78, 5) is 22.3. The summed E-state index contributed by atoms with van der Waals surface area (Å²) < 4.78 is 0. The van der Waals surface area contributed by atoms with E-state index in [1.165, 1.54) is 39.0 Å². The van der Waals surface area contributed by atoms with Crippen molar-refractivity contribution in [3.8, 4) is 0 Å². The van der Waals surface area contributed by atoms with Gasteiger partial charge in [0.2, 0.25) is 5.91 Å². The first kappa shape index (κ1) is 17.9. The number of hydrogen-bond donors (Lipinski definition) is 2. The van der Waals surface area contributed by atoms with Crippen molar-refractivity contribution in [1.82, 2.24) is 5.32 Å². The lowest BCUT2D eigenvalue weighted by Gasteiger charge is -2.14. The molecule has 0 aromatic rings. The van der Waals surface area contributed by atoms with E-state index >= 15 is 0 Å². The van der Waals surface area contributed by atoms with Gasteiger partial charge in [0, 0.05) is 5.92 Å². The molecule has 19 heavy (non-hydrogen) atoms. The number of carboxylic acids is 1. The number of nitrogens with one attached hydrogen (secondary N) is 1. The normalized spacial score (nSPS) is 13.8. The third-order valence-electron chi connectivity index (χ3n) is 3.42. The fraction of sp³-hybridized carbons (Fsp3) is 0.867. The van der Waals surface area contributed by atoms with Crippen LogP contribution in [0.25, 0.3) is 0 Å². The van der Waals surface area contributed by atoms with Gasteiger partial charge in [-0.05, 0) is 13.3 Å². The SMILES string of the molecule is CCCCCCCCCC(C)C(=O)N[C@H](C)C(=O)O. The molecule has 1 unspecified atom stereocenters. The molecule has 0 radical (unpaired) electrons. The summed E-state index contributed by atoms with van der Waals surface area (Å²) >= 11 is 0. The Morgan fingerprint density at radius 1 is 1.00 bits per heavy atom. The summed E-state index contributed by atoms with van der Waals surface area (Å²) in [6.07, 6.45) is 9.45. The highest BCUT2D eigenvalue weighted by atomic mass is 16.4. The van der Waals surface area contributed by atoms with Gasteiger partial charge in [0.25, 0.3) is 0 Å². The van der Waals surface area contributed by atoms with E-state index in [1.54, 1.807) is 0 Å². The summed E-state index contributed by atoms with van der Waals surface area (Å²) in [5, 5.41) is 11.2. The minimum Gasteiger partial charge on any atom is -0.480 e. The molecule has 0 aromatic carbocycles. The van der Waals surface area contributed by atoms with Gasteiger partial charge in [0.15, 0.2) is 0 Å². The topological polar surface area (TPSA) is 66.4 Å². The van der Waals surface area contributed by atoms with Gasteiger partial charge in [-0.1, -0.05) is 58.8 Å². The maximum absolute atomic E-state index is 11.7. The average molecular weight is 271 g/mol. The molecular weight excluding hydrogens is 242 g/mol. The molecule has 0 saturated heterocycles. The number of hydrogen-bond acceptors (Lipinski definition) is 2. The Balaban J connectivity index is 3.60. The van der Waals surface area contributed by atoms with E-state index in [0.717, 1.165) is 19.3 Å². The van der Waals surface area contributed by atoms with Crippen molar-refractivity contribution in [2.75, 3.05) is 0 Å². The van der Waals surface area contributed by atoms with Crippen LogP contribution in [-0.4, -0.2) is 23.0 Å². The first-order chi connectivity index (χ1) is 8.99. The fourth-order valence-electron chi connectivity index (χ4n) is 1.96. The number of carbonyl (C=O) groups excluding carboxylic acids is 1. The maximum Gasteiger partial charge on any atom is 0.325 e. The zero-order chi connectivity index (χ0) is 14.7. The summed E-state index contributed by atoms with van der Waals surface area (Å²) in [6.45, 7) is 5.56. The van der Waals surface area contributed by atoms with E-state index in [4.69, 9.17) is 5.11 Å². The lowest BCUT2D eigenvalue weighted by molar-refractivity contribution is -0.141. The quantitative estimate of drug-likeness (QED) is 0.566. The molecule has 0 bridgehead atoms. The van der Waals surface area contributed by atoms with Crippen LogP contribution in [0.2, 0.25) is 0 Å². The highest BCUT2D eigenvalue weighted by molar-refractivity contribution is 5.84. The van der Waals surface area contributed by atoms with Gasteiger partial charge in [-0.15, -0.1) is 0 Å². The maximum atomic E-state index is 11.7. The zero-order valence-electron chi connectivity index (χ0n) is 12.6. The monoisotopic (exact) mass is 271 g/mol. The summed E-state index contributed by atoms with van der Waals surface area (Å²) in [7, 11) is 0. The van der Waals surface area contributed by atoms with Crippen LogP contribution in [0.1, 0.15) is 72.1 Å². The second-order valence-corrected chi connectivity index (χ2v) is 5.38. The summed E-state index contributed by atoms with van der Waals surface area (Å²) in [5.74, 6) is -1.24. The number of amides is 1. The molecule has 0 rings (SSSR count). The Kier molecular flexibility index (Phi) is 10.2. The van der Waals surface area contributed by atoms with Crippen molar-refractivity contribution in [3.63, 3.8) is 0 Å². The zero-order valence-corrected chi connectivity index (χ0v) is 12.6. The molecule has 0 aromatic heterocycles. The highest BCUT2D eigenvalue weighted by Gasteiger charge is 2.18. The van der Waals surface area contributed by atoms with Gasteiger partial charge in [-0.2, -0.15) is 0 Å². The lowest BCUT2D eigenvalue weighted by atomic mass is 10.0. The van der Waals surface area contributed by atoms with Crippen molar-refractivity contribution in [2.24, 2.45) is 5.92 Å². The Morgan fingerprint density at radius 2 is 1.53 bits per heavy atom. The Hall–Kier alpha value is -1.06. The van der Waals surface area contributed by atoms with Crippen LogP contribution in [0.5, 0.6) is 0 Å². The third kappa shape index (κ3) is 9.51. The van der Waals surface area contributed by atoms with Crippen molar-refractivity contribution < 1.29 is 14.7 Å². The molecule has 4 heteroatoms. The Morgan fingerprint density at radius 3 is 2.05 bits per heavy atom. The van der Waals surface area contributed by atoms with Crippen molar-refractivity contribution in [3.05, 3.63) is 0 Å². The number of aliphatic carboxylic acids is 1. The molecule has 112 valence electrons. The molecule has 4 nitrogen and oxygen atoms in total. The van der Waals surface area contributed by atoms with Crippen molar-refractivity contribution in [2.45, 2.75) is 78.2 Å². The largest absolute Gasteiger partial charge is 0.480 e. The Labute approximate surface area is 117 Å². The van der Waals surface area contributed by atoms with E-state index in [0.29, 0.717) is 0 Å². The molecule has 0 aliphatic carbocycles. The molecule has 0 saturated carbocycles.